The number of rotatable bonds is 11. The lowest BCUT2D eigenvalue weighted by molar-refractivity contribution is 0.414. The van der Waals surface area contributed by atoms with Crippen molar-refractivity contribution in [3.8, 4) is 45.4 Å². The van der Waals surface area contributed by atoms with Crippen molar-refractivity contribution in [2.45, 2.75) is 11.3 Å². The van der Waals surface area contributed by atoms with Crippen LogP contribution in [0.2, 0.25) is 0 Å². The van der Waals surface area contributed by atoms with Crippen LogP contribution in [0.5, 0.6) is 11.5 Å². The van der Waals surface area contributed by atoms with Gasteiger partial charge >= 0.3 is 0 Å². The van der Waals surface area contributed by atoms with Crippen molar-refractivity contribution < 1.29 is 18.3 Å². The van der Waals surface area contributed by atoms with Crippen molar-refractivity contribution in [1.82, 2.24) is 19.7 Å². The minimum Gasteiger partial charge on any atom is -0.508 e. The lowest BCUT2D eigenvalue weighted by atomic mass is 10.1. The van der Waals surface area contributed by atoms with Gasteiger partial charge in [-0.15, -0.1) is 0 Å². The molecular weight excluding hydrogens is 526 g/mol. The van der Waals surface area contributed by atoms with E-state index in [2.05, 4.69) is 20.0 Å². The van der Waals surface area contributed by atoms with Crippen molar-refractivity contribution in [2.75, 3.05) is 25.5 Å². The van der Waals surface area contributed by atoms with Crippen molar-refractivity contribution >= 4 is 15.8 Å². The molecule has 0 aliphatic carbocycles. The third-order valence-corrected chi connectivity index (χ3v) is 7.72. The van der Waals surface area contributed by atoms with Crippen molar-refractivity contribution in [3.05, 3.63) is 97.2 Å². The number of phenols is 1. The summed E-state index contributed by atoms with van der Waals surface area (Å²) in [6, 6.07) is 26.9. The lowest BCUT2D eigenvalue weighted by Gasteiger charge is -2.10. The Bertz CT molecular complexity index is 1690. The fourth-order valence-corrected chi connectivity index (χ4v) is 5.28. The van der Waals surface area contributed by atoms with Crippen LogP contribution in [0.3, 0.4) is 0 Å². The van der Waals surface area contributed by atoms with Crippen LogP contribution >= 0.6 is 0 Å². The number of imidazole rings is 1. The number of hydrogen-bond acceptors (Lipinski definition) is 7. The Morgan fingerprint density at radius 2 is 1.65 bits per heavy atom. The minimum atomic E-state index is -3.61. The Morgan fingerprint density at radius 3 is 2.40 bits per heavy atom. The van der Waals surface area contributed by atoms with Gasteiger partial charge in [0, 0.05) is 36.0 Å². The molecule has 0 aliphatic rings. The number of H-pyrrole nitrogens is 1. The van der Waals surface area contributed by atoms with Gasteiger partial charge in [0.1, 0.15) is 23.1 Å². The van der Waals surface area contributed by atoms with E-state index in [1.165, 1.54) is 19.2 Å². The van der Waals surface area contributed by atoms with E-state index in [0.29, 0.717) is 36.1 Å². The van der Waals surface area contributed by atoms with Gasteiger partial charge in [0.05, 0.1) is 23.4 Å². The molecule has 0 atom stereocenters. The van der Waals surface area contributed by atoms with E-state index in [4.69, 9.17) is 9.72 Å². The maximum absolute atomic E-state index is 12.5. The Morgan fingerprint density at radius 1 is 0.875 bits per heavy atom. The second kappa shape index (κ2) is 12.0. The molecule has 0 spiro atoms. The highest BCUT2D eigenvalue weighted by Gasteiger charge is 2.17. The number of sulfonamides is 1. The van der Waals surface area contributed by atoms with Crippen LogP contribution in [-0.4, -0.2) is 48.7 Å². The monoisotopic (exact) mass is 555 g/mol. The van der Waals surface area contributed by atoms with Gasteiger partial charge in [0.25, 0.3) is 0 Å². The van der Waals surface area contributed by atoms with Gasteiger partial charge in [-0.2, -0.15) is 0 Å². The SMILES string of the molecule is COc1ccc(S(=O)(=O)NCCCNc2cc(-c3[nH]c(-c4ccccc4)nc3-c3cccc(O)c3)ccn2)cc1. The molecule has 9 nitrogen and oxygen atoms in total. The first-order valence-electron chi connectivity index (χ1n) is 12.7. The number of nitrogens with zero attached hydrogens (tertiary/aromatic N) is 2. The molecule has 0 saturated heterocycles. The van der Waals surface area contributed by atoms with Crippen molar-refractivity contribution in [1.29, 1.82) is 0 Å². The number of methoxy groups -OCH3 is 1. The maximum atomic E-state index is 12.5. The third-order valence-electron chi connectivity index (χ3n) is 6.24. The number of nitrogens with one attached hydrogen (secondary N) is 3. The number of aromatic amines is 1. The first kappa shape index (κ1) is 26.9. The summed E-state index contributed by atoms with van der Waals surface area (Å²) in [6.45, 7) is 0.781. The molecule has 0 radical (unpaired) electrons. The highest BCUT2D eigenvalue weighted by Crippen LogP contribution is 2.34. The molecular formula is C30H29N5O4S. The number of ether oxygens (including phenoxy) is 1. The number of benzene rings is 3. The minimum absolute atomic E-state index is 0.160. The van der Waals surface area contributed by atoms with Gasteiger partial charge in [-0.25, -0.2) is 23.1 Å². The second-order valence-electron chi connectivity index (χ2n) is 9.01. The zero-order valence-corrected chi connectivity index (χ0v) is 22.7. The number of phenolic OH excluding ortho intramolecular Hbond substituents is 1. The molecule has 5 rings (SSSR count). The molecule has 0 bridgehead atoms. The number of hydrogen-bond donors (Lipinski definition) is 4. The molecule has 3 aromatic carbocycles. The van der Waals surface area contributed by atoms with E-state index in [0.717, 1.165) is 22.4 Å². The number of aromatic nitrogens is 3. The van der Waals surface area contributed by atoms with Gasteiger partial charge in [-0.3, -0.25) is 0 Å². The average Bonchev–Trinajstić information content (AvgIpc) is 3.43. The Hall–Kier alpha value is -4.67. The Kier molecular flexibility index (Phi) is 8.09. The second-order valence-corrected chi connectivity index (χ2v) is 10.8. The van der Waals surface area contributed by atoms with Crippen LogP contribution in [0.25, 0.3) is 33.9 Å². The molecule has 5 aromatic rings. The predicted molar refractivity (Wildman–Crippen MR) is 156 cm³/mol. The molecule has 0 fully saturated rings. The topological polar surface area (TPSA) is 129 Å². The summed E-state index contributed by atoms with van der Waals surface area (Å²) in [5, 5.41) is 13.3. The molecule has 4 N–H and O–H groups in total. The number of pyridine rings is 1. The zero-order chi connectivity index (χ0) is 28.0. The summed E-state index contributed by atoms with van der Waals surface area (Å²) >= 11 is 0. The van der Waals surface area contributed by atoms with E-state index in [-0.39, 0.29) is 17.2 Å². The normalized spacial score (nSPS) is 11.3. The van der Waals surface area contributed by atoms with Crippen LogP contribution in [0.1, 0.15) is 6.42 Å². The maximum Gasteiger partial charge on any atom is 0.240 e. The summed E-state index contributed by atoms with van der Waals surface area (Å²) in [5.41, 5.74) is 4.09. The highest BCUT2D eigenvalue weighted by atomic mass is 32.2. The number of aromatic hydroxyl groups is 1. The first-order valence-corrected chi connectivity index (χ1v) is 14.2. The van der Waals surface area contributed by atoms with Crippen LogP contribution < -0.4 is 14.8 Å². The van der Waals surface area contributed by atoms with E-state index in [9.17, 15) is 13.5 Å². The Labute approximate surface area is 233 Å². The Balaban J connectivity index is 1.28. The van der Waals surface area contributed by atoms with Gasteiger partial charge in [0.2, 0.25) is 10.0 Å². The predicted octanol–water partition coefficient (Wildman–Crippen LogP) is 5.30. The molecule has 2 aromatic heterocycles. The number of anilines is 1. The van der Waals surface area contributed by atoms with Gasteiger partial charge in [-0.05, 0) is 55.0 Å². The van der Waals surface area contributed by atoms with Crippen LogP contribution in [0.15, 0.2) is 102 Å². The van der Waals surface area contributed by atoms with Gasteiger partial charge in [0.15, 0.2) is 0 Å². The molecule has 2 heterocycles. The fraction of sp³-hybridized carbons (Fsp3) is 0.133. The average molecular weight is 556 g/mol. The largest absolute Gasteiger partial charge is 0.508 e. The molecule has 204 valence electrons. The van der Waals surface area contributed by atoms with E-state index >= 15 is 0 Å². The molecule has 10 heteroatoms. The van der Waals surface area contributed by atoms with Crippen LogP contribution in [-0.2, 0) is 10.0 Å². The zero-order valence-electron chi connectivity index (χ0n) is 21.8. The molecule has 0 saturated carbocycles. The molecule has 0 unspecified atom stereocenters. The van der Waals surface area contributed by atoms with Crippen LogP contribution in [0, 0.1) is 0 Å². The third kappa shape index (κ3) is 6.31. The smallest absolute Gasteiger partial charge is 0.240 e. The summed E-state index contributed by atoms with van der Waals surface area (Å²) in [4.78, 5) is 12.9. The molecule has 0 amide bonds. The standard InChI is InChI=1S/C30H29N5O4S/c1-39-25-11-13-26(14-12-25)40(37,38)33-17-6-16-31-27-20-23(15-18-32-27)29-28(22-9-5-10-24(36)19-22)34-30(35-29)21-7-3-2-4-8-21/h2-5,7-15,18-20,33,36H,6,16-17H2,1H3,(H,31,32)(H,34,35). The van der Waals surface area contributed by atoms with E-state index in [1.54, 1.807) is 36.5 Å². The molecule has 0 aliphatic heterocycles. The first-order chi connectivity index (χ1) is 19.4. The van der Waals surface area contributed by atoms with Gasteiger partial charge < -0.3 is 20.1 Å². The summed E-state index contributed by atoms with van der Waals surface area (Å²) in [5.74, 6) is 2.11. The summed E-state index contributed by atoms with van der Waals surface area (Å²) in [7, 11) is -2.07. The summed E-state index contributed by atoms with van der Waals surface area (Å²) in [6.07, 6.45) is 2.26. The fourth-order valence-electron chi connectivity index (χ4n) is 4.21. The van der Waals surface area contributed by atoms with Crippen molar-refractivity contribution in [3.63, 3.8) is 0 Å². The molecule has 40 heavy (non-hydrogen) atoms. The van der Waals surface area contributed by atoms with Crippen LogP contribution in [0.4, 0.5) is 5.82 Å². The van der Waals surface area contributed by atoms with E-state index < -0.39 is 10.0 Å². The lowest BCUT2D eigenvalue weighted by Crippen LogP contribution is -2.26. The highest BCUT2D eigenvalue weighted by molar-refractivity contribution is 7.89. The van der Waals surface area contributed by atoms with Crippen molar-refractivity contribution in [2.24, 2.45) is 0 Å². The quantitative estimate of drug-likeness (QED) is 0.163. The van der Waals surface area contributed by atoms with Gasteiger partial charge in [-0.1, -0.05) is 42.5 Å². The summed E-state index contributed by atoms with van der Waals surface area (Å²) < 4.78 is 32.8. The van der Waals surface area contributed by atoms with E-state index in [1.807, 2.05) is 48.5 Å².